The van der Waals surface area contributed by atoms with Gasteiger partial charge in [-0.15, -0.1) is 0 Å². The normalized spacial score (nSPS) is 22.7. The number of amides is 1. The molecule has 2 aliphatic heterocycles. The third-order valence-electron chi connectivity index (χ3n) is 4.52. The average molecular weight is 370 g/mol. The van der Waals surface area contributed by atoms with Crippen molar-refractivity contribution in [2.75, 3.05) is 37.7 Å². The topological polar surface area (TPSA) is 77.9 Å². The minimum atomic E-state index is -3.69. The largest absolute Gasteiger partial charge is 0.395 e. The number of thioether (sulfide) groups is 1. The zero-order valence-corrected chi connectivity index (χ0v) is 15.1. The number of hydrogen-bond acceptors (Lipinski definition) is 5. The van der Waals surface area contributed by atoms with Gasteiger partial charge in [-0.2, -0.15) is 16.1 Å². The second-order valence-corrected chi connectivity index (χ2v) is 9.14. The molecule has 1 N–H and O–H groups in total. The Morgan fingerprint density at radius 1 is 1.25 bits per heavy atom. The molecule has 8 heteroatoms. The van der Waals surface area contributed by atoms with Crippen LogP contribution in [0.15, 0.2) is 29.2 Å². The number of rotatable bonds is 4. The molecule has 132 valence electrons. The third kappa shape index (κ3) is 3.46. The zero-order chi connectivity index (χ0) is 17.2. The molecule has 24 heavy (non-hydrogen) atoms. The molecule has 1 amide bonds. The highest BCUT2D eigenvalue weighted by Gasteiger charge is 2.35. The molecular formula is C16H22N2O4S2. The summed E-state index contributed by atoms with van der Waals surface area (Å²) in [5.41, 5.74) is 0.405. The van der Waals surface area contributed by atoms with Gasteiger partial charge in [0.05, 0.1) is 11.5 Å². The number of benzene rings is 1. The van der Waals surface area contributed by atoms with Crippen LogP contribution in [0.3, 0.4) is 0 Å². The molecule has 0 aliphatic carbocycles. The van der Waals surface area contributed by atoms with Crippen LogP contribution in [0.2, 0.25) is 0 Å². The van der Waals surface area contributed by atoms with Gasteiger partial charge in [0.15, 0.2) is 0 Å². The lowest BCUT2D eigenvalue weighted by Gasteiger charge is -2.27. The number of carbonyl (C=O) groups is 1. The van der Waals surface area contributed by atoms with Crippen molar-refractivity contribution in [3.05, 3.63) is 29.8 Å². The van der Waals surface area contributed by atoms with Crippen LogP contribution >= 0.6 is 11.8 Å². The van der Waals surface area contributed by atoms with Crippen molar-refractivity contribution in [1.29, 1.82) is 0 Å². The predicted octanol–water partition coefficient (Wildman–Crippen LogP) is 1.02. The third-order valence-corrected chi connectivity index (χ3v) is 7.41. The van der Waals surface area contributed by atoms with E-state index in [1.165, 1.54) is 16.4 Å². The van der Waals surface area contributed by atoms with E-state index in [2.05, 4.69) is 0 Å². The summed E-state index contributed by atoms with van der Waals surface area (Å²) in [7, 11) is -3.69. The van der Waals surface area contributed by atoms with Crippen LogP contribution in [0.1, 0.15) is 23.2 Å². The molecule has 0 saturated carbocycles. The molecule has 3 rings (SSSR count). The number of carbonyl (C=O) groups excluding carboxylic acids is 1. The number of sulfonamides is 1. The lowest BCUT2D eigenvalue weighted by molar-refractivity contribution is 0.0772. The van der Waals surface area contributed by atoms with E-state index in [0.29, 0.717) is 31.6 Å². The van der Waals surface area contributed by atoms with Gasteiger partial charge in [0, 0.05) is 42.7 Å². The lowest BCUT2D eigenvalue weighted by atomic mass is 10.2. The minimum absolute atomic E-state index is 0.118. The van der Waals surface area contributed by atoms with Gasteiger partial charge in [-0.3, -0.25) is 4.79 Å². The zero-order valence-electron chi connectivity index (χ0n) is 13.4. The minimum Gasteiger partial charge on any atom is -0.395 e. The maximum absolute atomic E-state index is 12.8. The van der Waals surface area contributed by atoms with Crippen molar-refractivity contribution < 1.29 is 18.3 Å². The second kappa shape index (κ2) is 7.43. The number of aliphatic hydroxyl groups is 1. The van der Waals surface area contributed by atoms with Crippen molar-refractivity contribution in [3.63, 3.8) is 0 Å². The van der Waals surface area contributed by atoms with Gasteiger partial charge < -0.3 is 10.0 Å². The van der Waals surface area contributed by atoms with Crippen molar-refractivity contribution >= 4 is 27.7 Å². The Hall–Kier alpha value is -1.09. The fraction of sp³-hybridized carbons (Fsp3) is 0.562. The molecule has 2 fully saturated rings. The fourth-order valence-electron chi connectivity index (χ4n) is 3.18. The summed E-state index contributed by atoms with van der Waals surface area (Å²) < 4.78 is 27.0. The van der Waals surface area contributed by atoms with Crippen LogP contribution in [0.25, 0.3) is 0 Å². The quantitative estimate of drug-likeness (QED) is 0.856. The molecule has 2 aliphatic rings. The highest BCUT2D eigenvalue weighted by Crippen LogP contribution is 2.26. The van der Waals surface area contributed by atoms with E-state index in [1.807, 2.05) is 11.8 Å². The molecule has 1 atom stereocenters. The lowest BCUT2D eigenvalue weighted by Crippen LogP contribution is -2.39. The van der Waals surface area contributed by atoms with Crippen LogP contribution < -0.4 is 0 Å². The molecular weight excluding hydrogens is 348 g/mol. The van der Waals surface area contributed by atoms with E-state index in [1.54, 1.807) is 17.0 Å². The number of aliphatic hydroxyl groups excluding tert-OH is 1. The van der Waals surface area contributed by atoms with Gasteiger partial charge in [0.2, 0.25) is 10.0 Å². The van der Waals surface area contributed by atoms with E-state index in [4.69, 9.17) is 0 Å². The van der Waals surface area contributed by atoms with Gasteiger partial charge >= 0.3 is 0 Å². The highest BCUT2D eigenvalue weighted by molar-refractivity contribution is 7.99. The van der Waals surface area contributed by atoms with Crippen molar-refractivity contribution in [2.24, 2.45) is 0 Å². The van der Waals surface area contributed by atoms with Crippen molar-refractivity contribution in [3.8, 4) is 0 Å². The van der Waals surface area contributed by atoms with E-state index in [9.17, 15) is 18.3 Å². The molecule has 0 bridgehead atoms. The summed E-state index contributed by atoms with van der Waals surface area (Å²) in [4.78, 5) is 14.5. The second-order valence-electron chi connectivity index (χ2n) is 6.03. The van der Waals surface area contributed by atoms with E-state index in [-0.39, 0.29) is 23.5 Å². The first kappa shape index (κ1) is 17.7. The van der Waals surface area contributed by atoms with Gasteiger partial charge in [-0.05, 0) is 31.0 Å². The first-order valence-corrected chi connectivity index (χ1v) is 10.7. The summed E-state index contributed by atoms with van der Waals surface area (Å²) >= 11 is 1.82. The molecule has 0 radical (unpaired) electrons. The molecule has 0 spiro atoms. The SMILES string of the molecule is O=C(c1cccc(S(=O)(=O)N2CCC[C@H]2CO)c1)N1CCSCC1. The molecule has 1 aromatic carbocycles. The first-order chi connectivity index (χ1) is 11.5. The molecule has 0 aromatic heterocycles. The first-order valence-electron chi connectivity index (χ1n) is 8.14. The van der Waals surface area contributed by atoms with Gasteiger partial charge in [0.25, 0.3) is 5.91 Å². The Balaban J connectivity index is 1.85. The predicted molar refractivity (Wildman–Crippen MR) is 93.7 cm³/mol. The Morgan fingerprint density at radius 3 is 2.71 bits per heavy atom. The summed E-state index contributed by atoms with van der Waals surface area (Å²) in [6.45, 7) is 1.62. The summed E-state index contributed by atoms with van der Waals surface area (Å²) in [6.07, 6.45) is 1.41. The maximum atomic E-state index is 12.8. The standard InChI is InChI=1S/C16H22N2O4S2/c19-12-14-4-2-6-18(14)24(21,22)15-5-1-3-13(11-15)16(20)17-7-9-23-10-8-17/h1,3,5,11,14,19H,2,4,6-10,12H2/t14-/m0/s1. The summed E-state index contributed by atoms with van der Waals surface area (Å²) in [6, 6.07) is 5.89. The Morgan fingerprint density at radius 2 is 2.00 bits per heavy atom. The van der Waals surface area contributed by atoms with Crippen LogP contribution in [0, 0.1) is 0 Å². The van der Waals surface area contributed by atoms with Crippen LogP contribution in [0.4, 0.5) is 0 Å². The Labute approximate surface area is 146 Å². The number of hydrogen-bond donors (Lipinski definition) is 1. The highest BCUT2D eigenvalue weighted by atomic mass is 32.2. The number of nitrogens with zero attached hydrogens (tertiary/aromatic N) is 2. The van der Waals surface area contributed by atoms with Crippen LogP contribution in [-0.4, -0.2) is 72.4 Å². The van der Waals surface area contributed by atoms with E-state index in [0.717, 1.165) is 17.9 Å². The van der Waals surface area contributed by atoms with Crippen molar-refractivity contribution in [1.82, 2.24) is 9.21 Å². The molecule has 2 saturated heterocycles. The molecule has 2 heterocycles. The van der Waals surface area contributed by atoms with Gasteiger partial charge in [-0.1, -0.05) is 6.07 Å². The molecule has 1 aromatic rings. The van der Waals surface area contributed by atoms with Crippen LogP contribution in [-0.2, 0) is 10.0 Å². The van der Waals surface area contributed by atoms with Gasteiger partial charge in [-0.25, -0.2) is 8.42 Å². The smallest absolute Gasteiger partial charge is 0.253 e. The van der Waals surface area contributed by atoms with Crippen molar-refractivity contribution in [2.45, 2.75) is 23.8 Å². The summed E-state index contributed by atoms with van der Waals surface area (Å²) in [5, 5.41) is 9.39. The van der Waals surface area contributed by atoms with E-state index < -0.39 is 10.0 Å². The Bertz CT molecular complexity index is 702. The molecule has 6 nitrogen and oxygen atoms in total. The fourth-order valence-corrected chi connectivity index (χ4v) is 5.82. The van der Waals surface area contributed by atoms with Crippen LogP contribution in [0.5, 0.6) is 0 Å². The summed E-state index contributed by atoms with van der Waals surface area (Å²) in [5.74, 6) is 1.71. The monoisotopic (exact) mass is 370 g/mol. The molecule has 0 unspecified atom stereocenters. The average Bonchev–Trinajstić information content (AvgIpc) is 3.11. The Kier molecular flexibility index (Phi) is 5.49. The maximum Gasteiger partial charge on any atom is 0.253 e. The van der Waals surface area contributed by atoms with E-state index >= 15 is 0 Å². The van der Waals surface area contributed by atoms with Gasteiger partial charge in [0.1, 0.15) is 0 Å².